The molecule has 3 nitrogen and oxygen atoms in total. The largest absolute Gasteiger partial charge is 0.225 e. The fourth-order valence-corrected chi connectivity index (χ4v) is 1.27. The first kappa shape index (κ1) is 9.91. The summed E-state index contributed by atoms with van der Waals surface area (Å²) in [6.45, 7) is 4.01. The van der Waals surface area contributed by atoms with Gasteiger partial charge in [-0.05, 0) is 12.3 Å². The molecule has 1 unspecified atom stereocenters. The highest BCUT2D eigenvalue weighted by Gasteiger charge is 2.06. The van der Waals surface area contributed by atoms with Crippen molar-refractivity contribution >= 4 is 10.0 Å². The van der Waals surface area contributed by atoms with Crippen LogP contribution in [0.5, 0.6) is 0 Å². The summed E-state index contributed by atoms with van der Waals surface area (Å²) in [4.78, 5) is 0. The topological polar surface area (TPSA) is 57.9 Å². The summed E-state index contributed by atoms with van der Waals surface area (Å²) in [5, 5.41) is 6.57. The van der Waals surface area contributed by atoms with E-state index in [2.05, 4.69) is 0 Å². The summed E-state index contributed by atoms with van der Waals surface area (Å²) >= 11 is 0. The first-order valence-electron chi connectivity index (χ1n) is 3.43. The van der Waals surface area contributed by atoms with Crippen molar-refractivity contribution in [2.24, 2.45) is 5.92 Å². The van der Waals surface area contributed by atoms with Crippen LogP contribution in [0.25, 0.3) is 0 Å². The molecular weight excluding hydrogens is 150 g/mol. The van der Waals surface area contributed by atoms with Gasteiger partial charge in [-0.3, -0.25) is 0 Å². The van der Waals surface area contributed by atoms with Crippen molar-refractivity contribution in [2.75, 3.05) is 5.75 Å². The van der Waals surface area contributed by atoms with Gasteiger partial charge in [-0.15, -0.1) is 5.14 Å². The molecule has 0 aromatic heterocycles. The van der Waals surface area contributed by atoms with E-state index in [9.17, 15) is 8.42 Å². The normalized spacial score (nSPS) is 15.1. The molecule has 0 saturated carbocycles. The van der Waals surface area contributed by atoms with Gasteiger partial charge in [0.2, 0.25) is 10.0 Å². The molecule has 0 rings (SSSR count). The highest BCUT2D eigenvalue weighted by atomic mass is 32.2. The van der Waals surface area contributed by atoms with E-state index in [0.29, 0.717) is 12.3 Å². The second-order valence-electron chi connectivity index (χ2n) is 2.62. The molecule has 4 heteroatoms. The second-order valence-corrected chi connectivity index (χ2v) is 4.26. The van der Waals surface area contributed by atoms with Gasteiger partial charge in [0.15, 0.2) is 0 Å². The van der Waals surface area contributed by atoms with E-state index in [1.807, 2.05) is 13.8 Å². The van der Waals surface area contributed by atoms with E-state index in [1.165, 1.54) is 0 Å². The van der Waals surface area contributed by atoms with E-state index in [1.54, 1.807) is 0 Å². The van der Waals surface area contributed by atoms with Crippen molar-refractivity contribution in [3.63, 3.8) is 0 Å². The lowest BCUT2D eigenvalue weighted by atomic mass is 10.1. The number of hydrogen-bond donors (Lipinski definition) is 0. The van der Waals surface area contributed by atoms with Crippen LogP contribution in [0.2, 0.25) is 0 Å². The Balaban J connectivity index is 3.56. The molecule has 1 atom stereocenters. The maximum Gasteiger partial charge on any atom is 0.225 e. The predicted molar refractivity (Wildman–Crippen MR) is 41.0 cm³/mol. The Labute approximate surface area is 62.7 Å². The Morgan fingerprint density at radius 3 is 2.30 bits per heavy atom. The zero-order valence-electron chi connectivity index (χ0n) is 6.42. The molecular formula is C6H14NO2S. The minimum atomic E-state index is -3.48. The van der Waals surface area contributed by atoms with Crippen LogP contribution in [-0.2, 0) is 10.0 Å². The molecule has 0 spiro atoms. The highest BCUT2D eigenvalue weighted by Crippen LogP contribution is 2.06. The summed E-state index contributed by atoms with van der Waals surface area (Å²) in [6, 6.07) is 0. The SMILES string of the molecule is CCC(C)CCS([NH])(=O)=O. The molecule has 0 fully saturated rings. The van der Waals surface area contributed by atoms with Gasteiger partial charge >= 0.3 is 0 Å². The molecule has 0 aromatic rings. The van der Waals surface area contributed by atoms with Crippen molar-refractivity contribution in [3.05, 3.63) is 0 Å². The highest BCUT2D eigenvalue weighted by molar-refractivity contribution is 7.88. The Morgan fingerprint density at radius 1 is 1.50 bits per heavy atom. The number of nitrogens with one attached hydrogen (secondary N) is 1. The summed E-state index contributed by atoms with van der Waals surface area (Å²) < 4.78 is 20.6. The summed E-state index contributed by atoms with van der Waals surface area (Å²) in [7, 11) is -3.48. The van der Waals surface area contributed by atoms with Crippen molar-refractivity contribution in [1.82, 2.24) is 5.14 Å². The standard InChI is InChI=1S/C6H14NO2S/c1-3-6(2)4-5-10(7,8)9/h6-7H,3-5H2,1-2H3. The zero-order valence-corrected chi connectivity index (χ0v) is 7.24. The molecule has 0 aliphatic carbocycles. The monoisotopic (exact) mass is 164 g/mol. The molecule has 0 aromatic carbocycles. The Bertz CT molecular complexity index is 174. The molecule has 0 heterocycles. The quantitative estimate of drug-likeness (QED) is 0.623. The molecule has 0 aliphatic heterocycles. The van der Waals surface area contributed by atoms with Crippen LogP contribution in [0.4, 0.5) is 0 Å². The lowest BCUT2D eigenvalue weighted by Crippen LogP contribution is -2.09. The van der Waals surface area contributed by atoms with Crippen LogP contribution in [0.3, 0.4) is 0 Å². The van der Waals surface area contributed by atoms with Crippen molar-refractivity contribution in [1.29, 1.82) is 0 Å². The molecule has 0 bridgehead atoms. The van der Waals surface area contributed by atoms with E-state index in [0.717, 1.165) is 6.42 Å². The minimum absolute atomic E-state index is 0.00199. The molecule has 61 valence electrons. The maximum absolute atomic E-state index is 10.3. The van der Waals surface area contributed by atoms with Gasteiger partial charge in [-0.2, -0.15) is 0 Å². The third-order valence-corrected chi connectivity index (χ3v) is 2.35. The molecule has 0 aliphatic rings. The maximum atomic E-state index is 10.3. The van der Waals surface area contributed by atoms with Gasteiger partial charge in [0.1, 0.15) is 0 Å². The van der Waals surface area contributed by atoms with E-state index >= 15 is 0 Å². The van der Waals surface area contributed by atoms with E-state index < -0.39 is 10.0 Å². The van der Waals surface area contributed by atoms with Crippen LogP contribution in [0.1, 0.15) is 26.7 Å². The lowest BCUT2D eigenvalue weighted by molar-refractivity contribution is 0.532. The lowest BCUT2D eigenvalue weighted by Gasteiger charge is -2.04. The molecule has 10 heavy (non-hydrogen) atoms. The van der Waals surface area contributed by atoms with Crippen LogP contribution >= 0.6 is 0 Å². The average molecular weight is 164 g/mol. The first-order chi connectivity index (χ1) is 4.45. The second kappa shape index (κ2) is 3.93. The van der Waals surface area contributed by atoms with Crippen molar-refractivity contribution < 1.29 is 8.42 Å². The predicted octanol–water partition coefficient (Wildman–Crippen LogP) is 1.04. The van der Waals surface area contributed by atoms with Crippen LogP contribution in [0, 0.1) is 5.92 Å². The minimum Gasteiger partial charge on any atom is -0.211 e. The van der Waals surface area contributed by atoms with Crippen molar-refractivity contribution in [2.45, 2.75) is 26.7 Å². The van der Waals surface area contributed by atoms with Gasteiger partial charge in [-0.25, -0.2) is 8.42 Å². The summed E-state index contributed by atoms with van der Waals surface area (Å²) in [6.07, 6.45) is 1.60. The molecule has 0 saturated heterocycles. The van der Waals surface area contributed by atoms with Gasteiger partial charge in [0, 0.05) is 0 Å². The Hall–Kier alpha value is -0.0900. The number of hydrogen-bond acceptors (Lipinski definition) is 2. The van der Waals surface area contributed by atoms with Gasteiger partial charge < -0.3 is 0 Å². The van der Waals surface area contributed by atoms with E-state index in [4.69, 9.17) is 5.14 Å². The van der Waals surface area contributed by atoms with Crippen LogP contribution < -0.4 is 5.14 Å². The zero-order chi connectivity index (χ0) is 8.20. The number of sulfonamides is 1. The third-order valence-electron chi connectivity index (χ3n) is 1.58. The summed E-state index contributed by atoms with van der Waals surface area (Å²) in [5.74, 6) is 0.419. The fourth-order valence-electron chi connectivity index (χ4n) is 0.560. The number of rotatable bonds is 4. The fraction of sp³-hybridized carbons (Fsp3) is 1.00. The van der Waals surface area contributed by atoms with Gasteiger partial charge in [0.25, 0.3) is 0 Å². The van der Waals surface area contributed by atoms with Gasteiger partial charge in [0.05, 0.1) is 5.75 Å². The van der Waals surface area contributed by atoms with Crippen molar-refractivity contribution in [3.8, 4) is 0 Å². The Morgan fingerprint density at radius 2 is 2.00 bits per heavy atom. The summed E-state index contributed by atoms with van der Waals surface area (Å²) in [5.41, 5.74) is 0. The molecule has 0 amide bonds. The Kier molecular flexibility index (Phi) is 3.89. The third kappa shape index (κ3) is 6.04. The molecule has 1 N–H and O–H groups in total. The van der Waals surface area contributed by atoms with E-state index in [-0.39, 0.29) is 5.75 Å². The first-order valence-corrected chi connectivity index (χ1v) is 5.08. The van der Waals surface area contributed by atoms with Crippen LogP contribution in [-0.4, -0.2) is 14.2 Å². The van der Waals surface area contributed by atoms with Gasteiger partial charge in [-0.1, -0.05) is 20.3 Å². The molecule has 1 radical (unpaired) electrons. The van der Waals surface area contributed by atoms with Crippen LogP contribution in [0.15, 0.2) is 0 Å². The smallest absolute Gasteiger partial charge is 0.211 e. The average Bonchev–Trinajstić information content (AvgIpc) is 1.81.